The predicted molar refractivity (Wildman–Crippen MR) is 106 cm³/mol. The summed E-state index contributed by atoms with van der Waals surface area (Å²) in [6.07, 6.45) is -4.36. The standard InChI is InChI=1S/C20H20F3N5O2/c1-12-25-18(24-11-13-4-6-14(7-5-13)20(21,22)23)28-19(26-12)27-16-9-8-15(29-2)10-17(16)30-3/h4-10H,11H2,1-3H3,(H2,24,25,26,27,28). The molecule has 10 heteroatoms. The van der Waals surface area contributed by atoms with E-state index in [-0.39, 0.29) is 12.5 Å². The Hall–Kier alpha value is -3.56. The van der Waals surface area contributed by atoms with Crippen molar-refractivity contribution in [3.8, 4) is 11.5 Å². The third-order valence-corrected chi connectivity index (χ3v) is 4.13. The fraction of sp³-hybridized carbons (Fsp3) is 0.250. The molecule has 0 saturated carbocycles. The summed E-state index contributed by atoms with van der Waals surface area (Å²) < 4.78 is 48.5. The molecule has 1 aromatic heterocycles. The highest BCUT2D eigenvalue weighted by Gasteiger charge is 2.29. The maximum absolute atomic E-state index is 12.7. The first-order valence-corrected chi connectivity index (χ1v) is 8.90. The van der Waals surface area contributed by atoms with E-state index in [1.165, 1.54) is 19.2 Å². The molecule has 7 nitrogen and oxygen atoms in total. The molecule has 0 fully saturated rings. The largest absolute Gasteiger partial charge is 0.497 e. The van der Waals surface area contributed by atoms with E-state index in [9.17, 15) is 13.2 Å². The van der Waals surface area contributed by atoms with Crippen molar-refractivity contribution in [2.75, 3.05) is 24.9 Å². The van der Waals surface area contributed by atoms with Gasteiger partial charge in [-0.1, -0.05) is 12.1 Å². The van der Waals surface area contributed by atoms with Crippen LogP contribution in [0.4, 0.5) is 30.8 Å². The van der Waals surface area contributed by atoms with Gasteiger partial charge in [-0.3, -0.25) is 0 Å². The summed E-state index contributed by atoms with van der Waals surface area (Å²) in [4.78, 5) is 12.8. The highest BCUT2D eigenvalue weighted by molar-refractivity contribution is 5.64. The smallest absolute Gasteiger partial charge is 0.416 e. The molecular weight excluding hydrogens is 399 g/mol. The van der Waals surface area contributed by atoms with Crippen molar-refractivity contribution >= 4 is 17.6 Å². The van der Waals surface area contributed by atoms with Crippen molar-refractivity contribution in [2.45, 2.75) is 19.6 Å². The first kappa shape index (κ1) is 21.2. The Balaban J connectivity index is 1.73. The van der Waals surface area contributed by atoms with Gasteiger partial charge in [0.2, 0.25) is 11.9 Å². The summed E-state index contributed by atoms with van der Waals surface area (Å²) in [6.45, 7) is 1.97. The van der Waals surface area contributed by atoms with E-state index < -0.39 is 11.7 Å². The molecule has 30 heavy (non-hydrogen) atoms. The number of rotatable bonds is 7. The van der Waals surface area contributed by atoms with Crippen LogP contribution in [-0.4, -0.2) is 29.2 Å². The minimum atomic E-state index is -4.36. The molecule has 3 rings (SSSR count). The molecule has 0 amide bonds. The lowest BCUT2D eigenvalue weighted by molar-refractivity contribution is -0.137. The zero-order chi connectivity index (χ0) is 21.7. The van der Waals surface area contributed by atoms with E-state index in [1.54, 1.807) is 32.2 Å². The maximum atomic E-state index is 12.7. The van der Waals surface area contributed by atoms with Crippen LogP contribution in [0.5, 0.6) is 11.5 Å². The summed E-state index contributed by atoms with van der Waals surface area (Å²) in [7, 11) is 3.10. The van der Waals surface area contributed by atoms with E-state index in [0.717, 1.165) is 12.1 Å². The lowest BCUT2D eigenvalue weighted by atomic mass is 10.1. The quantitative estimate of drug-likeness (QED) is 0.581. The Bertz CT molecular complexity index is 1010. The Kier molecular flexibility index (Phi) is 6.24. The molecule has 0 saturated heterocycles. The van der Waals surface area contributed by atoms with Crippen LogP contribution in [0.25, 0.3) is 0 Å². The number of nitrogens with zero attached hydrogens (tertiary/aromatic N) is 3. The molecule has 0 aliphatic rings. The van der Waals surface area contributed by atoms with Gasteiger partial charge in [-0.25, -0.2) is 0 Å². The summed E-state index contributed by atoms with van der Waals surface area (Å²) >= 11 is 0. The SMILES string of the molecule is COc1ccc(Nc2nc(C)nc(NCc3ccc(C(F)(F)F)cc3)n2)c(OC)c1. The number of hydrogen-bond donors (Lipinski definition) is 2. The molecule has 0 bridgehead atoms. The fourth-order valence-corrected chi connectivity index (χ4v) is 2.63. The number of methoxy groups -OCH3 is 2. The minimum Gasteiger partial charge on any atom is -0.497 e. The second-order valence-electron chi connectivity index (χ2n) is 6.27. The average molecular weight is 419 g/mol. The molecule has 0 radical (unpaired) electrons. The number of hydrogen-bond acceptors (Lipinski definition) is 7. The minimum absolute atomic E-state index is 0.257. The molecule has 2 N–H and O–H groups in total. The van der Waals surface area contributed by atoms with Crippen LogP contribution in [0.3, 0.4) is 0 Å². The summed E-state index contributed by atoms with van der Waals surface area (Å²) in [6, 6.07) is 10.2. The number of anilines is 3. The Morgan fingerprint density at radius 2 is 1.60 bits per heavy atom. The molecular formula is C20H20F3N5O2. The van der Waals surface area contributed by atoms with E-state index in [4.69, 9.17) is 9.47 Å². The lowest BCUT2D eigenvalue weighted by Crippen LogP contribution is -2.09. The predicted octanol–water partition coefficient (Wildman–Crippen LogP) is 4.57. The van der Waals surface area contributed by atoms with Crippen molar-refractivity contribution in [2.24, 2.45) is 0 Å². The first-order valence-electron chi connectivity index (χ1n) is 8.90. The molecule has 0 aliphatic carbocycles. The van der Waals surface area contributed by atoms with E-state index in [0.29, 0.717) is 34.5 Å². The van der Waals surface area contributed by atoms with Crippen molar-refractivity contribution < 1.29 is 22.6 Å². The molecule has 3 aromatic rings. The number of nitrogens with one attached hydrogen (secondary N) is 2. The van der Waals surface area contributed by atoms with Crippen LogP contribution < -0.4 is 20.1 Å². The van der Waals surface area contributed by atoms with Crippen LogP contribution in [0.1, 0.15) is 17.0 Å². The number of aryl methyl sites for hydroxylation is 1. The van der Waals surface area contributed by atoms with Crippen molar-refractivity contribution in [1.82, 2.24) is 15.0 Å². The van der Waals surface area contributed by atoms with Crippen LogP contribution >= 0.6 is 0 Å². The van der Waals surface area contributed by atoms with Crippen molar-refractivity contribution in [1.29, 1.82) is 0 Å². The Morgan fingerprint density at radius 3 is 2.23 bits per heavy atom. The zero-order valence-corrected chi connectivity index (χ0v) is 16.5. The average Bonchev–Trinajstić information content (AvgIpc) is 2.72. The molecule has 1 heterocycles. The molecule has 0 spiro atoms. The van der Waals surface area contributed by atoms with Gasteiger partial charge in [-0.2, -0.15) is 28.1 Å². The van der Waals surface area contributed by atoms with Gasteiger partial charge >= 0.3 is 6.18 Å². The Labute approximate surface area is 171 Å². The normalized spacial score (nSPS) is 11.1. The molecule has 2 aromatic carbocycles. The van der Waals surface area contributed by atoms with E-state index in [2.05, 4.69) is 25.6 Å². The molecule has 0 atom stereocenters. The van der Waals surface area contributed by atoms with E-state index in [1.807, 2.05) is 0 Å². The van der Waals surface area contributed by atoms with Crippen molar-refractivity contribution in [3.63, 3.8) is 0 Å². The van der Waals surface area contributed by atoms with Gasteiger partial charge in [-0.15, -0.1) is 0 Å². The number of alkyl halides is 3. The monoisotopic (exact) mass is 419 g/mol. The van der Waals surface area contributed by atoms with Gasteiger partial charge in [-0.05, 0) is 36.8 Å². The van der Waals surface area contributed by atoms with Gasteiger partial charge < -0.3 is 20.1 Å². The highest BCUT2D eigenvalue weighted by Crippen LogP contribution is 2.31. The fourth-order valence-electron chi connectivity index (χ4n) is 2.63. The molecule has 0 unspecified atom stereocenters. The highest BCUT2D eigenvalue weighted by atomic mass is 19.4. The van der Waals surface area contributed by atoms with Crippen LogP contribution in [0.15, 0.2) is 42.5 Å². The molecule has 0 aliphatic heterocycles. The zero-order valence-electron chi connectivity index (χ0n) is 16.5. The summed E-state index contributed by atoms with van der Waals surface area (Å²) in [5.41, 5.74) is 0.604. The third kappa shape index (κ3) is 5.28. The van der Waals surface area contributed by atoms with Crippen LogP contribution in [0.2, 0.25) is 0 Å². The third-order valence-electron chi connectivity index (χ3n) is 4.13. The second-order valence-corrected chi connectivity index (χ2v) is 6.27. The number of aromatic nitrogens is 3. The topological polar surface area (TPSA) is 81.2 Å². The summed E-state index contributed by atoms with van der Waals surface area (Å²) in [5.74, 6) is 2.24. The van der Waals surface area contributed by atoms with Gasteiger partial charge in [0.1, 0.15) is 17.3 Å². The van der Waals surface area contributed by atoms with Crippen LogP contribution in [0, 0.1) is 6.92 Å². The first-order chi connectivity index (χ1) is 14.3. The summed E-state index contributed by atoms with van der Waals surface area (Å²) in [5, 5.41) is 6.07. The van der Waals surface area contributed by atoms with Gasteiger partial charge in [0.25, 0.3) is 0 Å². The Morgan fingerprint density at radius 1 is 0.900 bits per heavy atom. The van der Waals surface area contributed by atoms with E-state index >= 15 is 0 Å². The maximum Gasteiger partial charge on any atom is 0.416 e. The molecule has 158 valence electrons. The number of halogens is 3. The second kappa shape index (κ2) is 8.85. The van der Waals surface area contributed by atoms with Crippen LogP contribution in [-0.2, 0) is 12.7 Å². The number of ether oxygens (including phenoxy) is 2. The van der Waals surface area contributed by atoms with Gasteiger partial charge in [0.05, 0.1) is 25.5 Å². The van der Waals surface area contributed by atoms with Gasteiger partial charge in [0, 0.05) is 12.6 Å². The van der Waals surface area contributed by atoms with Gasteiger partial charge in [0.15, 0.2) is 0 Å². The lowest BCUT2D eigenvalue weighted by Gasteiger charge is -2.13. The van der Waals surface area contributed by atoms with Crippen molar-refractivity contribution in [3.05, 3.63) is 59.4 Å². The number of benzene rings is 2.